The highest BCUT2D eigenvalue weighted by Gasteiger charge is 2.30. The standard InChI is InChI=1S/C23H33N3O2/c27-22(18-9-10-18)25-21-8-4-5-17(15-21)16-26-13-11-19(12-14-26)23(28)24-20-6-2-1-3-7-20/h4-5,8,15,18-20H,1-3,6-7,9-14,16H2,(H,24,28)(H,25,27). The smallest absolute Gasteiger partial charge is 0.227 e. The summed E-state index contributed by atoms with van der Waals surface area (Å²) in [6, 6.07) is 8.60. The molecule has 1 saturated heterocycles. The van der Waals surface area contributed by atoms with Crippen molar-refractivity contribution < 1.29 is 9.59 Å². The Hall–Kier alpha value is -1.88. The molecule has 152 valence electrons. The third-order valence-electron chi connectivity index (χ3n) is 6.46. The second-order valence-corrected chi connectivity index (χ2v) is 8.86. The van der Waals surface area contributed by atoms with Crippen LogP contribution >= 0.6 is 0 Å². The zero-order chi connectivity index (χ0) is 19.3. The molecule has 0 radical (unpaired) electrons. The van der Waals surface area contributed by atoms with E-state index in [2.05, 4.69) is 27.7 Å². The highest BCUT2D eigenvalue weighted by molar-refractivity contribution is 5.94. The molecule has 0 unspecified atom stereocenters. The Labute approximate surface area is 168 Å². The number of hydrogen-bond donors (Lipinski definition) is 2. The van der Waals surface area contributed by atoms with Crippen LogP contribution in [0.25, 0.3) is 0 Å². The van der Waals surface area contributed by atoms with Crippen LogP contribution in [0.1, 0.15) is 63.4 Å². The lowest BCUT2D eigenvalue weighted by Gasteiger charge is -2.32. The van der Waals surface area contributed by atoms with Crippen LogP contribution in [-0.4, -0.2) is 35.8 Å². The number of benzene rings is 1. The van der Waals surface area contributed by atoms with Crippen LogP contribution in [0, 0.1) is 11.8 Å². The molecule has 0 aromatic heterocycles. The molecule has 3 aliphatic rings. The van der Waals surface area contributed by atoms with Crippen molar-refractivity contribution in [2.45, 2.75) is 70.4 Å². The normalized spacial score (nSPS) is 22.0. The lowest BCUT2D eigenvalue weighted by molar-refractivity contribution is -0.127. The number of carbonyl (C=O) groups excluding carboxylic acids is 2. The second-order valence-electron chi connectivity index (χ2n) is 8.86. The third kappa shape index (κ3) is 5.34. The largest absolute Gasteiger partial charge is 0.353 e. The molecule has 1 aliphatic heterocycles. The molecule has 28 heavy (non-hydrogen) atoms. The van der Waals surface area contributed by atoms with Crippen molar-refractivity contribution in [3.05, 3.63) is 29.8 Å². The average molecular weight is 384 g/mol. The molecule has 0 bridgehead atoms. The maximum atomic E-state index is 12.6. The van der Waals surface area contributed by atoms with Gasteiger partial charge in [0.05, 0.1) is 0 Å². The van der Waals surface area contributed by atoms with Gasteiger partial charge in [-0.15, -0.1) is 0 Å². The molecular weight excluding hydrogens is 350 g/mol. The number of piperidine rings is 1. The van der Waals surface area contributed by atoms with Crippen molar-refractivity contribution >= 4 is 17.5 Å². The van der Waals surface area contributed by atoms with E-state index in [-0.39, 0.29) is 23.7 Å². The minimum Gasteiger partial charge on any atom is -0.353 e. The molecule has 1 heterocycles. The summed E-state index contributed by atoms with van der Waals surface area (Å²) in [4.78, 5) is 27.0. The van der Waals surface area contributed by atoms with Gasteiger partial charge in [0, 0.05) is 30.1 Å². The molecule has 2 amide bonds. The quantitative estimate of drug-likeness (QED) is 0.787. The number of carbonyl (C=O) groups is 2. The van der Waals surface area contributed by atoms with Gasteiger partial charge in [0.25, 0.3) is 0 Å². The fraction of sp³-hybridized carbons (Fsp3) is 0.652. The lowest BCUT2D eigenvalue weighted by atomic mass is 9.92. The van der Waals surface area contributed by atoms with Crippen molar-refractivity contribution in [3.8, 4) is 0 Å². The van der Waals surface area contributed by atoms with Gasteiger partial charge in [0.15, 0.2) is 0 Å². The van der Waals surface area contributed by atoms with E-state index in [9.17, 15) is 9.59 Å². The van der Waals surface area contributed by atoms with E-state index < -0.39 is 0 Å². The second kappa shape index (κ2) is 9.08. The summed E-state index contributed by atoms with van der Waals surface area (Å²) < 4.78 is 0. The number of amides is 2. The molecule has 2 N–H and O–H groups in total. The Morgan fingerprint density at radius 1 is 0.893 bits per heavy atom. The predicted molar refractivity (Wildman–Crippen MR) is 111 cm³/mol. The maximum Gasteiger partial charge on any atom is 0.227 e. The van der Waals surface area contributed by atoms with E-state index in [1.54, 1.807) is 0 Å². The molecule has 5 heteroatoms. The van der Waals surface area contributed by atoms with Crippen molar-refractivity contribution in [2.24, 2.45) is 11.8 Å². The number of nitrogens with zero attached hydrogens (tertiary/aromatic N) is 1. The Morgan fingerprint density at radius 3 is 2.32 bits per heavy atom. The zero-order valence-electron chi connectivity index (χ0n) is 16.8. The fourth-order valence-corrected chi connectivity index (χ4v) is 4.51. The summed E-state index contributed by atoms with van der Waals surface area (Å²) >= 11 is 0. The molecule has 4 rings (SSSR count). The molecule has 0 atom stereocenters. The van der Waals surface area contributed by atoms with E-state index in [0.717, 1.165) is 63.8 Å². The SMILES string of the molecule is O=C(Nc1cccc(CN2CCC(C(=O)NC3CCCCC3)CC2)c1)C1CC1. The number of likely N-dealkylation sites (tertiary alicyclic amines) is 1. The highest BCUT2D eigenvalue weighted by atomic mass is 16.2. The first kappa shape index (κ1) is 19.4. The molecule has 5 nitrogen and oxygen atoms in total. The molecule has 3 fully saturated rings. The van der Waals surface area contributed by atoms with Crippen LogP contribution in [0.2, 0.25) is 0 Å². The topological polar surface area (TPSA) is 61.4 Å². The number of anilines is 1. The first-order valence-corrected chi connectivity index (χ1v) is 11.1. The Balaban J connectivity index is 1.22. The zero-order valence-corrected chi connectivity index (χ0v) is 16.8. The molecule has 2 saturated carbocycles. The van der Waals surface area contributed by atoms with Gasteiger partial charge in [-0.1, -0.05) is 31.4 Å². The van der Waals surface area contributed by atoms with Crippen LogP contribution in [0.5, 0.6) is 0 Å². The van der Waals surface area contributed by atoms with Crippen LogP contribution in [-0.2, 0) is 16.1 Å². The highest BCUT2D eigenvalue weighted by Crippen LogP contribution is 2.30. The molecule has 0 spiro atoms. The first-order chi connectivity index (χ1) is 13.7. The van der Waals surface area contributed by atoms with Gasteiger partial charge in [-0.05, 0) is 69.3 Å². The monoisotopic (exact) mass is 383 g/mol. The van der Waals surface area contributed by atoms with E-state index >= 15 is 0 Å². The van der Waals surface area contributed by atoms with Gasteiger partial charge >= 0.3 is 0 Å². The summed E-state index contributed by atoms with van der Waals surface area (Å²) in [5.74, 6) is 0.822. The van der Waals surface area contributed by atoms with Crippen LogP contribution in [0.4, 0.5) is 5.69 Å². The van der Waals surface area contributed by atoms with Crippen LogP contribution in [0.3, 0.4) is 0 Å². The van der Waals surface area contributed by atoms with Gasteiger partial charge in [0.1, 0.15) is 0 Å². The summed E-state index contributed by atoms with van der Waals surface area (Å²) in [6.45, 7) is 2.80. The molecule has 1 aromatic rings. The Kier molecular flexibility index (Phi) is 6.30. The Bertz CT molecular complexity index is 687. The fourth-order valence-electron chi connectivity index (χ4n) is 4.51. The van der Waals surface area contributed by atoms with Crippen molar-refractivity contribution in [2.75, 3.05) is 18.4 Å². The minimum atomic E-state index is 0.155. The Morgan fingerprint density at radius 2 is 1.61 bits per heavy atom. The van der Waals surface area contributed by atoms with E-state index in [4.69, 9.17) is 0 Å². The summed E-state index contributed by atoms with van der Waals surface area (Å²) in [5.41, 5.74) is 2.12. The van der Waals surface area contributed by atoms with Crippen LogP contribution in [0.15, 0.2) is 24.3 Å². The van der Waals surface area contributed by atoms with Crippen molar-refractivity contribution in [3.63, 3.8) is 0 Å². The predicted octanol–water partition coefficient (Wildman–Crippen LogP) is 3.70. The summed E-state index contributed by atoms with van der Waals surface area (Å²) in [7, 11) is 0. The number of hydrogen-bond acceptors (Lipinski definition) is 3. The van der Waals surface area contributed by atoms with Gasteiger partial charge < -0.3 is 10.6 Å². The van der Waals surface area contributed by atoms with Crippen molar-refractivity contribution in [1.29, 1.82) is 0 Å². The maximum absolute atomic E-state index is 12.6. The number of nitrogens with one attached hydrogen (secondary N) is 2. The average Bonchev–Trinajstić information content (AvgIpc) is 3.55. The van der Waals surface area contributed by atoms with E-state index in [1.807, 2.05) is 12.1 Å². The molecule has 2 aliphatic carbocycles. The minimum absolute atomic E-state index is 0.155. The van der Waals surface area contributed by atoms with E-state index in [1.165, 1.54) is 24.8 Å². The molecule has 1 aromatic carbocycles. The first-order valence-electron chi connectivity index (χ1n) is 11.1. The number of rotatable bonds is 6. The van der Waals surface area contributed by atoms with Gasteiger partial charge in [0.2, 0.25) is 11.8 Å². The van der Waals surface area contributed by atoms with Gasteiger partial charge in [-0.2, -0.15) is 0 Å². The third-order valence-corrected chi connectivity index (χ3v) is 6.46. The lowest BCUT2D eigenvalue weighted by Crippen LogP contribution is -2.44. The van der Waals surface area contributed by atoms with Crippen LogP contribution < -0.4 is 10.6 Å². The van der Waals surface area contributed by atoms with Gasteiger partial charge in [-0.3, -0.25) is 14.5 Å². The summed E-state index contributed by atoms with van der Waals surface area (Å²) in [5, 5.41) is 6.33. The van der Waals surface area contributed by atoms with Crippen molar-refractivity contribution in [1.82, 2.24) is 10.2 Å². The van der Waals surface area contributed by atoms with Gasteiger partial charge in [-0.25, -0.2) is 0 Å². The summed E-state index contributed by atoms with van der Waals surface area (Å²) in [6.07, 6.45) is 10.1. The van der Waals surface area contributed by atoms with E-state index in [0.29, 0.717) is 6.04 Å². The molecular formula is C23H33N3O2.